The lowest BCUT2D eigenvalue weighted by atomic mass is 10.2. The SMILES string of the molecule is CCCC(COC)NS(=O)(=O)c1c(CNC)n[nH]c1C. The van der Waals surface area contributed by atoms with Gasteiger partial charge in [-0.1, -0.05) is 13.3 Å². The van der Waals surface area contributed by atoms with E-state index in [1.54, 1.807) is 21.1 Å². The van der Waals surface area contributed by atoms with E-state index in [9.17, 15) is 8.42 Å². The molecule has 0 spiro atoms. The van der Waals surface area contributed by atoms with Crippen molar-refractivity contribution < 1.29 is 13.2 Å². The number of aromatic nitrogens is 2. The molecule has 0 saturated carbocycles. The summed E-state index contributed by atoms with van der Waals surface area (Å²) >= 11 is 0. The molecule has 0 aliphatic carbocycles. The topological polar surface area (TPSA) is 96.1 Å². The smallest absolute Gasteiger partial charge is 0.244 e. The van der Waals surface area contributed by atoms with Crippen molar-refractivity contribution in [3.63, 3.8) is 0 Å². The maximum absolute atomic E-state index is 12.5. The second-order valence-corrected chi connectivity index (χ2v) is 6.37. The summed E-state index contributed by atoms with van der Waals surface area (Å²) in [6, 6.07) is -0.230. The molecule has 0 aliphatic heterocycles. The zero-order chi connectivity index (χ0) is 15.2. The van der Waals surface area contributed by atoms with Crippen LogP contribution in [0.2, 0.25) is 0 Å². The van der Waals surface area contributed by atoms with Crippen LogP contribution < -0.4 is 10.0 Å². The lowest BCUT2D eigenvalue weighted by Gasteiger charge is -2.17. The van der Waals surface area contributed by atoms with Crippen molar-refractivity contribution >= 4 is 10.0 Å². The number of methoxy groups -OCH3 is 1. The highest BCUT2D eigenvalue weighted by Crippen LogP contribution is 2.18. The number of hydrogen-bond acceptors (Lipinski definition) is 5. The van der Waals surface area contributed by atoms with Gasteiger partial charge in [-0.3, -0.25) is 5.10 Å². The molecule has 1 aromatic heterocycles. The molecule has 0 fully saturated rings. The van der Waals surface area contributed by atoms with Crippen LogP contribution in [0.5, 0.6) is 0 Å². The molecule has 8 heteroatoms. The van der Waals surface area contributed by atoms with Crippen molar-refractivity contribution in [2.75, 3.05) is 20.8 Å². The molecule has 0 aromatic carbocycles. The van der Waals surface area contributed by atoms with Gasteiger partial charge in [-0.2, -0.15) is 5.10 Å². The van der Waals surface area contributed by atoms with Gasteiger partial charge >= 0.3 is 0 Å². The van der Waals surface area contributed by atoms with Gasteiger partial charge in [-0.15, -0.1) is 0 Å². The van der Waals surface area contributed by atoms with Crippen LogP contribution >= 0.6 is 0 Å². The summed E-state index contributed by atoms with van der Waals surface area (Å²) in [5.41, 5.74) is 1.03. The standard InChI is InChI=1S/C12H24N4O3S/c1-5-6-10(8-19-4)16-20(17,18)12-9(2)14-15-11(12)7-13-3/h10,13,16H,5-8H2,1-4H3,(H,14,15). The van der Waals surface area contributed by atoms with Crippen molar-refractivity contribution in [3.8, 4) is 0 Å². The fourth-order valence-corrected chi connectivity index (χ4v) is 3.74. The van der Waals surface area contributed by atoms with Crippen LogP contribution in [0.15, 0.2) is 4.90 Å². The van der Waals surface area contributed by atoms with E-state index in [1.165, 1.54) is 0 Å². The van der Waals surface area contributed by atoms with Crippen LogP contribution in [-0.2, 0) is 21.3 Å². The fourth-order valence-electron chi connectivity index (χ4n) is 2.12. The lowest BCUT2D eigenvalue weighted by Crippen LogP contribution is -2.38. The van der Waals surface area contributed by atoms with Gasteiger partial charge in [-0.05, 0) is 20.4 Å². The van der Waals surface area contributed by atoms with E-state index in [0.29, 0.717) is 24.5 Å². The van der Waals surface area contributed by atoms with E-state index >= 15 is 0 Å². The van der Waals surface area contributed by atoms with Crippen molar-refractivity contribution in [2.45, 2.75) is 44.2 Å². The number of H-pyrrole nitrogens is 1. The Kier molecular flexibility index (Phi) is 6.60. The minimum Gasteiger partial charge on any atom is -0.383 e. The first-order valence-electron chi connectivity index (χ1n) is 6.66. The summed E-state index contributed by atoms with van der Waals surface area (Å²) in [7, 11) is -0.297. The van der Waals surface area contributed by atoms with Crippen LogP contribution in [0, 0.1) is 6.92 Å². The summed E-state index contributed by atoms with van der Waals surface area (Å²) in [6.45, 7) is 4.45. The molecule has 1 rings (SSSR count). The average Bonchev–Trinajstić information content (AvgIpc) is 2.72. The van der Waals surface area contributed by atoms with Crippen molar-refractivity contribution in [2.24, 2.45) is 0 Å². The normalized spacial score (nSPS) is 13.6. The third kappa shape index (κ3) is 4.27. The molecule has 0 bridgehead atoms. The molecule has 1 atom stereocenters. The lowest BCUT2D eigenvalue weighted by molar-refractivity contribution is 0.171. The van der Waals surface area contributed by atoms with Gasteiger partial charge in [0.15, 0.2) is 0 Å². The molecule has 3 N–H and O–H groups in total. The van der Waals surface area contributed by atoms with E-state index in [1.807, 2.05) is 6.92 Å². The summed E-state index contributed by atoms with van der Waals surface area (Å²) in [5.74, 6) is 0. The Morgan fingerprint density at radius 3 is 2.70 bits per heavy atom. The van der Waals surface area contributed by atoms with Crippen molar-refractivity contribution in [3.05, 3.63) is 11.4 Å². The number of nitrogens with one attached hydrogen (secondary N) is 3. The summed E-state index contributed by atoms with van der Waals surface area (Å²) in [5, 5.41) is 9.67. The molecule has 1 aromatic rings. The molecule has 1 unspecified atom stereocenters. The Morgan fingerprint density at radius 1 is 1.45 bits per heavy atom. The third-order valence-electron chi connectivity index (χ3n) is 2.90. The molecule has 116 valence electrons. The summed E-state index contributed by atoms with van der Waals surface area (Å²) < 4.78 is 32.8. The number of aromatic amines is 1. The van der Waals surface area contributed by atoms with Gasteiger partial charge in [0.1, 0.15) is 4.90 Å². The highest BCUT2D eigenvalue weighted by molar-refractivity contribution is 7.89. The first-order chi connectivity index (χ1) is 9.46. The number of hydrogen-bond donors (Lipinski definition) is 3. The van der Waals surface area contributed by atoms with Crippen LogP contribution in [0.25, 0.3) is 0 Å². The van der Waals surface area contributed by atoms with Gasteiger partial charge in [-0.25, -0.2) is 13.1 Å². The zero-order valence-electron chi connectivity index (χ0n) is 12.5. The first-order valence-corrected chi connectivity index (χ1v) is 8.14. The Balaban J connectivity index is 3.00. The average molecular weight is 304 g/mol. The molecule has 7 nitrogen and oxygen atoms in total. The number of aryl methyl sites for hydroxylation is 1. The predicted octanol–water partition coefficient (Wildman–Crippen LogP) is 0.531. The summed E-state index contributed by atoms with van der Waals surface area (Å²) in [6.07, 6.45) is 1.61. The van der Waals surface area contributed by atoms with E-state index in [4.69, 9.17) is 4.74 Å². The summed E-state index contributed by atoms with van der Waals surface area (Å²) in [4.78, 5) is 0.226. The molecule has 1 heterocycles. The van der Waals surface area contributed by atoms with Crippen LogP contribution in [0.4, 0.5) is 0 Å². The van der Waals surface area contributed by atoms with Crippen LogP contribution in [0.3, 0.4) is 0 Å². The Bertz CT molecular complexity index is 507. The quantitative estimate of drug-likeness (QED) is 0.618. The van der Waals surface area contributed by atoms with Gasteiger partial charge in [0, 0.05) is 19.7 Å². The van der Waals surface area contributed by atoms with E-state index < -0.39 is 10.0 Å². The fraction of sp³-hybridized carbons (Fsp3) is 0.750. The number of rotatable bonds is 9. The maximum Gasteiger partial charge on any atom is 0.244 e. The highest BCUT2D eigenvalue weighted by Gasteiger charge is 2.26. The second-order valence-electron chi connectivity index (χ2n) is 4.72. The molecule has 0 saturated heterocycles. The van der Waals surface area contributed by atoms with E-state index in [2.05, 4.69) is 20.2 Å². The molecule has 20 heavy (non-hydrogen) atoms. The largest absolute Gasteiger partial charge is 0.383 e. The third-order valence-corrected chi connectivity index (χ3v) is 4.62. The Morgan fingerprint density at radius 2 is 2.15 bits per heavy atom. The van der Waals surface area contributed by atoms with Gasteiger partial charge < -0.3 is 10.1 Å². The highest BCUT2D eigenvalue weighted by atomic mass is 32.2. The van der Waals surface area contributed by atoms with E-state index in [0.717, 1.165) is 12.8 Å². The van der Waals surface area contributed by atoms with Gasteiger partial charge in [0.2, 0.25) is 10.0 Å². The van der Waals surface area contributed by atoms with Gasteiger partial charge in [0.05, 0.1) is 18.0 Å². The first kappa shape index (κ1) is 17.1. The minimum atomic E-state index is -3.61. The monoisotopic (exact) mass is 304 g/mol. The predicted molar refractivity (Wildman–Crippen MR) is 77.0 cm³/mol. The molecule has 0 radical (unpaired) electrons. The minimum absolute atomic E-state index is 0.226. The second kappa shape index (κ2) is 7.72. The molecular weight excluding hydrogens is 280 g/mol. The van der Waals surface area contributed by atoms with Crippen LogP contribution in [0.1, 0.15) is 31.2 Å². The van der Waals surface area contributed by atoms with E-state index in [-0.39, 0.29) is 10.9 Å². The van der Waals surface area contributed by atoms with Crippen molar-refractivity contribution in [1.29, 1.82) is 0 Å². The molecule has 0 amide bonds. The Labute approximate surface area is 120 Å². The van der Waals surface area contributed by atoms with Crippen molar-refractivity contribution in [1.82, 2.24) is 20.2 Å². The Hall–Kier alpha value is -0.960. The number of sulfonamides is 1. The number of ether oxygens (including phenoxy) is 1. The zero-order valence-corrected chi connectivity index (χ0v) is 13.3. The maximum atomic E-state index is 12.5. The van der Waals surface area contributed by atoms with Crippen LogP contribution in [-0.4, -0.2) is 45.4 Å². The van der Waals surface area contributed by atoms with Gasteiger partial charge in [0.25, 0.3) is 0 Å². The molecule has 0 aliphatic rings. The number of nitrogens with zero attached hydrogens (tertiary/aromatic N) is 1. The molecular formula is C12H24N4O3S.